The number of hydrogen-bond acceptors (Lipinski definition) is 5. The first-order valence-corrected chi connectivity index (χ1v) is 5.22. The molecule has 1 aromatic rings. The Balaban J connectivity index is 3.09. The van der Waals surface area contributed by atoms with Crippen LogP contribution in [0, 0.1) is 0 Å². The Morgan fingerprint density at radius 3 is 2.17 bits per heavy atom. The zero-order valence-electron chi connectivity index (χ0n) is 10.8. The van der Waals surface area contributed by atoms with E-state index in [1.165, 1.54) is 20.2 Å². The van der Waals surface area contributed by atoms with E-state index in [2.05, 4.69) is 10.5 Å². The molecule has 1 N–H and O–H groups in total. The predicted octanol–water partition coefficient (Wildman–Crippen LogP) is 1.18. The molecule has 0 aromatic heterocycles. The van der Waals surface area contributed by atoms with Crippen molar-refractivity contribution in [3.8, 4) is 17.2 Å². The number of ether oxygens (including phenoxy) is 3. The fourth-order valence-electron chi connectivity index (χ4n) is 1.35. The van der Waals surface area contributed by atoms with Gasteiger partial charge in [0.15, 0.2) is 11.5 Å². The predicted molar refractivity (Wildman–Crippen MR) is 67.5 cm³/mol. The highest BCUT2D eigenvalue weighted by Gasteiger charge is 2.10. The number of rotatable bonds is 5. The van der Waals surface area contributed by atoms with Crippen molar-refractivity contribution in [1.29, 1.82) is 0 Å². The highest BCUT2D eigenvalue weighted by atomic mass is 16.5. The maximum Gasteiger partial charge on any atom is 0.236 e. The average Bonchev–Trinajstić information content (AvgIpc) is 2.37. The Bertz CT molecular complexity index is 458. The Kier molecular flexibility index (Phi) is 4.98. The molecule has 0 radical (unpaired) electrons. The number of amides is 1. The molecule has 1 aromatic carbocycles. The van der Waals surface area contributed by atoms with E-state index in [0.29, 0.717) is 22.8 Å². The van der Waals surface area contributed by atoms with Crippen LogP contribution in [0.2, 0.25) is 0 Å². The highest BCUT2D eigenvalue weighted by Crippen LogP contribution is 2.33. The zero-order valence-corrected chi connectivity index (χ0v) is 10.8. The second-order valence-corrected chi connectivity index (χ2v) is 3.38. The van der Waals surface area contributed by atoms with E-state index in [-0.39, 0.29) is 5.91 Å². The molecule has 0 saturated heterocycles. The number of hydrogen-bond donors (Lipinski definition) is 1. The third-order valence-corrected chi connectivity index (χ3v) is 2.16. The maximum atomic E-state index is 10.7. The van der Waals surface area contributed by atoms with Crippen LogP contribution in [0.3, 0.4) is 0 Å². The van der Waals surface area contributed by atoms with E-state index in [4.69, 9.17) is 14.2 Å². The zero-order chi connectivity index (χ0) is 13.5. The number of carbonyl (C=O) groups is 1. The molecule has 6 nitrogen and oxygen atoms in total. The maximum absolute atomic E-state index is 10.7. The normalized spacial score (nSPS) is 10.2. The minimum absolute atomic E-state index is 0.245. The van der Waals surface area contributed by atoms with Crippen molar-refractivity contribution in [1.82, 2.24) is 5.43 Å². The topological polar surface area (TPSA) is 69.2 Å². The van der Waals surface area contributed by atoms with Crippen molar-refractivity contribution < 1.29 is 19.0 Å². The SMILES string of the molecule is COc1cc(OC)c(OC)cc1/C=N\NC(C)=O. The van der Waals surface area contributed by atoms with Gasteiger partial charge in [0.25, 0.3) is 0 Å². The lowest BCUT2D eigenvalue weighted by atomic mass is 10.2. The minimum Gasteiger partial charge on any atom is -0.496 e. The van der Waals surface area contributed by atoms with E-state index in [1.807, 2.05) is 0 Å². The number of carbonyl (C=O) groups excluding carboxylic acids is 1. The molecule has 1 amide bonds. The standard InChI is InChI=1S/C12H16N2O4/c1-8(15)14-13-7-9-5-11(17-3)12(18-4)6-10(9)16-2/h5-7H,1-4H3,(H,14,15)/b13-7-. The Morgan fingerprint density at radius 2 is 1.67 bits per heavy atom. The quantitative estimate of drug-likeness (QED) is 0.631. The van der Waals surface area contributed by atoms with Crippen molar-refractivity contribution >= 4 is 12.1 Å². The smallest absolute Gasteiger partial charge is 0.236 e. The van der Waals surface area contributed by atoms with Gasteiger partial charge in [-0.15, -0.1) is 0 Å². The molecular weight excluding hydrogens is 236 g/mol. The van der Waals surface area contributed by atoms with Crippen LogP contribution in [0.15, 0.2) is 17.2 Å². The van der Waals surface area contributed by atoms with Gasteiger partial charge in [-0.05, 0) is 6.07 Å². The second-order valence-electron chi connectivity index (χ2n) is 3.38. The van der Waals surface area contributed by atoms with Gasteiger partial charge in [-0.2, -0.15) is 5.10 Å². The second kappa shape index (κ2) is 6.48. The van der Waals surface area contributed by atoms with Crippen molar-refractivity contribution in [2.24, 2.45) is 5.10 Å². The van der Waals surface area contributed by atoms with Crippen LogP contribution in [-0.2, 0) is 4.79 Å². The summed E-state index contributed by atoms with van der Waals surface area (Å²) in [6, 6.07) is 3.40. The summed E-state index contributed by atoms with van der Waals surface area (Å²) in [6.45, 7) is 1.38. The van der Waals surface area contributed by atoms with Crippen LogP contribution in [0.1, 0.15) is 12.5 Å². The summed E-state index contributed by atoms with van der Waals surface area (Å²) in [4.78, 5) is 10.7. The van der Waals surface area contributed by atoms with Gasteiger partial charge >= 0.3 is 0 Å². The molecule has 1 rings (SSSR count). The number of nitrogens with one attached hydrogen (secondary N) is 1. The molecule has 6 heteroatoms. The lowest BCUT2D eigenvalue weighted by molar-refractivity contribution is -0.118. The van der Waals surface area contributed by atoms with Crippen LogP contribution in [0.5, 0.6) is 17.2 Å². The molecule has 0 aliphatic rings. The lowest BCUT2D eigenvalue weighted by Gasteiger charge is -2.11. The number of methoxy groups -OCH3 is 3. The van der Waals surface area contributed by atoms with Crippen molar-refractivity contribution in [2.75, 3.05) is 21.3 Å². The summed E-state index contributed by atoms with van der Waals surface area (Å²) in [7, 11) is 4.62. The van der Waals surface area contributed by atoms with Gasteiger partial charge in [-0.1, -0.05) is 0 Å². The van der Waals surface area contributed by atoms with Gasteiger partial charge in [0.05, 0.1) is 27.5 Å². The van der Waals surface area contributed by atoms with Crippen LogP contribution in [0.25, 0.3) is 0 Å². The van der Waals surface area contributed by atoms with Crippen molar-refractivity contribution in [2.45, 2.75) is 6.92 Å². The van der Waals surface area contributed by atoms with Crippen LogP contribution < -0.4 is 19.6 Å². The summed E-state index contributed by atoms with van der Waals surface area (Å²) in [6.07, 6.45) is 1.47. The molecule has 0 saturated carbocycles. The van der Waals surface area contributed by atoms with Crippen LogP contribution in [-0.4, -0.2) is 33.5 Å². The summed E-state index contributed by atoms with van der Waals surface area (Å²) in [5, 5.41) is 3.78. The van der Waals surface area contributed by atoms with Gasteiger partial charge in [0.1, 0.15) is 5.75 Å². The largest absolute Gasteiger partial charge is 0.496 e. The van der Waals surface area contributed by atoms with Gasteiger partial charge in [0.2, 0.25) is 5.91 Å². The molecule has 0 spiro atoms. The fraction of sp³-hybridized carbons (Fsp3) is 0.333. The van der Waals surface area contributed by atoms with Gasteiger partial charge in [0, 0.05) is 18.6 Å². The summed E-state index contributed by atoms with van der Waals surface area (Å²) < 4.78 is 15.5. The first-order chi connectivity index (χ1) is 8.62. The third-order valence-electron chi connectivity index (χ3n) is 2.16. The molecule has 0 unspecified atom stereocenters. The average molecular weight is 252 g/mol. The first kappa shape index (κ1) is 13.8. The monoisotopic (exact) mass is 252 g/mol. The highest BCUT2D eigenvalue weighted by molar-refractivity contribution is 5.86. The summed E-state index contributed by atoms with van der Waals surface area (Å²) >= 11 is 0. The molecule has 18 heavy (non-hydrogen) atoms. The molecule has 0 aliphatic carbocycles. The van der Waals surface area contributed by atoms with Crippen molar-refractivity contribution in [3.05, 3.63) is 17.7 Å². The lowest BCUT2D eigenvalue weighted by Crippen LogP contribution is -2.12. The minimum atomic E-state index is -0.245. The van der Waals surface area contributed by atoms with E-state index in [0.717, 1.165) is 0 Å². The van der Waals surface area contributed by atoms with Crippen LogP contribution >= 0.6 is 0 Å². The Labute approximate surface area is 106 Å². The van der Waals surface area contributed by atoms with Crippen molar-refractivity contribution in [3.63, 3.8) is 0 Å². The van der Waals surface area contributed by atoms with E-state index in [9.17, 15) is 4.79 Å². The molecular formula is C12H16N2O4. The van der Waals surface area contributed by atoms with E-state index in [1.54, 1.807) is 26.4 Å². The molecule has 0 aliphatic heterocycles. The number of nitrogens with zero attached hydrogens (tertiary/aromatic N) is 1. The fourth-order valence-corrected chi connectivity index (χ4v) is 1.35. The van der Waals surface area contributed by atoms with Gasteiger partial charge < -0.3 is 14.2 Å². The Morgan fingerprint density at radius 1 is 1.11 bits per heavy atom. The molecule has 0 bridgehead atoms. The first-order valence-electron chi connectivity index (χ1n) is 5.22. The number of benzene rings is 1. The summed E-state index contributed by atoms with van der Waals surface area (Å²) in [5.74, 6) is 1.45. The molecule has 0 heterocycles. The molecule has 98 valence electrons. The number of hydrazone groups is 1. The van der Waals surface area contributed by atoms with Gasteiger partial charge in [-0.25, -0.2) is 5.43 Å². The van der Waals surface area contributed by atoms with E-state index >= 15 is 0 Å². The van der Waals surface area contributed by atoms with Crippen LogP contribution in [0.4, 0.5) is 0 Å². The van der Waals surface area contributed by atoms with Gasteiger partial charge in [-0.3, -0.25) is 4.79 Å². The Hall–Kier alpha value is -2.24. The molecule has 0 atom stereocenters. The molecule has 0 fully saturated rings. The third kappa shape index (κ3) is 3.38. The van der Waals surface area contributed by atoms with E-state index < -0.39 is 0 Å². The summed E-state index contributed by atoms with van der Waals surface area (Å²) in [5.41, 5.74) is 2.98.